The lowest BCUT2D eigenvalue weighted by Crippen LogP contribution is -2.33. The first-order valence-electron chi connectivity index (χ1n) is 8.93. The number of ether oxygens (including phenoxy) is 1. The summed E-state index contributed by atoms with van der Waals surface area (Å²) in [6, 6.07) is 0.434. The number of hydrogen-bond acceptors (Lipinski definition) is 6. The molecule has 0 aliphatic heterocycles. The third-order valence-electron chi connectivity index (χ3n) is 5.05. The Hall–Kier alpha value is -1.89. The number of amides is 1. The minimum absolute atomic E-state index is 0.0198. The van der Waals surface area contributed by atoms with Crippen LogP contribution in [0.15, 0.2) is 6.20 Å². The second-order valence-corrected chi connectivity index (χ2v) is 7.91. The van der Waals surface area contributed by atoms with Gasteiger partial charge >= 0.3 is 0 Å². The zero-order valence-corrected chi connectivity index (χ0v) is 15.9. The fraction of sp³-hybridized carbons (Fsp3) is 0.722. The van der Waals surface area contributed by atoms with E-state index >= 15 is 0 Å². The number of nitrogens with one attached hydrogen (secondary N) is 2. The van der Waals surface area contributed by atoms with Gasteiger partial charge in [0.1, 0.15) is 5.82 Å². The quantitative estimate of drug-likeness (QED) is 0.730. The van der Waals surface area contributed by atoms with E-state index < -0.39 is 5.91 Å². The first-order valence-corrected chi connectivity index (χ1v) is 8.93. The number of hydrogen-bond donors (Lipinski definition) is 3. The van der Waals surface area contributed by atoms with E-state index in [0.717, 1.165) is 25.7 Å². The Morgan fingerprint density at radius 2 is 1.96 bits per heavy atom. The number of nitrogens with zero attached hydrogens (tertiary/aromatic N) is 2. The normalized spacial score (nSPS) is 22.3. The number of primary amides is 1. The highest BCUT2D eigenvalue weighted by atomic mass is 16.5. The maximum atomic E-state index is 11.7. The molecule has 0 saturated heterocycles. The Bertz CT molecular complexity index is 592. The Balaban J connectivity index is 2.12. The van der Waals surface area contributed by atoms with Crippen molar-refractivity contribution < 1.29 is 9.53 Å². The number of carbonyl (C=O) groups excluding carboxylic acids is 1. The maximum Gasteiger partial charge on any atom is 0.254 e. The zero-order valence-electron chi connectivity index (χ0n) is 15.9. The summed E-state index contributed by atoms with van der Waals surface area (Å²) in [7, 11) is 1.76. The lowest BCUT2D eigenvalue weighted by molar-refractivity contribution is 0.0681. The minimum Gasteiger partial charge on any atom is -0.381 e. The van der Waals surface area contributed by atoms with Gasteiger partial charge in [-0.1, -0.05) is 20.8 Å². The molecule has 4 N–H and O–H groups in total. The Labute approximate surface area is 150 Å². The molecule has 1 saturated carbocycles. The van der Waals surface area contributed by atoms with Crippen molar-refractivity contribution in [2.45, 2.75) is 71.6 Å². The summed E-state index contributed by atoms with van der Waals surface area (Å²) in [6.45, 7) is 8.45. The Morgan fingerprint density at radius 3 is 2.48 bits per heavy atom. The SMILES string of the molecule is COC1CCC(Nc2ncc(C(N)=O)c(N[C@@H](C)C(C)(C)C)n2)CC1. The van der Waals surface area contributed by atoms with Crippen molar-refractivity contribution in [3.05, 3.63) is 11.8 Å². The van der Waals surface area contributed by atoms with Crippen LogP contribution in [0.25, 0.3) is 0 Å². The first kappa shape index (κ1) is 19.4. The van der Waals surface area contributed by atoms with Crippen LogP contribution < -0.4 is 16.4 Å². The average molecular weight is 349 g/mol. The second kappa shape index (κ2) is 7.99. The van der Waals surface area contributed by atoms with Crippen LogP contribution in [0, 0.1) is 5.41 Å². The van der Waals surface area contributed by atoms with E-state index in [-0.39, 0.29) is 11.5 Å². The van der Waals surface area contributed by atoms with E-state index in [1.54, 1.807) is 7.11 Å². The van der Waals surface area contributed by atoms with Crippen LogP contribution in [0.2, 0.25) is 0 Å². The lowest BCUT2D eigenvalue weighted by Gasteiger charge is -2.30. The molecule has 1 aromatic rings. The van der Waals surface area contributed by atoms with Gasteiger partial charge in [-0.25, -0.2) is 4.98 Å². The van der Waals surface area contributed by atoms with Crippen molar-refractivity contribution in [3.8, 4) is 0 Å². The van der Waals surface area contributed by atoms with Crippen molar-refractivity contribution in [1.82, 2.24) is 9.97 Å². The minimum atomic E-state index is -0.532. The fourth-order valence-electron chi connectivity index (χ4n) is 2.79. The van der Waals surface area contributed by atoms with Gasteiger partial charge in [0.2, 0.25) is 5.95 Å². The van der Waals surface area contributed by atoms with Crippen LogP contribution in [0.1, 0.15) is 63.7 Å². The Kier molecular flexibility index (Phi) is 6.21. The monoisotopic (exact) mass is 349 g/mol. The van der Waals surface area contributed by atoms with Crippen molar-refractivity contribution in [1.29, 1.82) is 0 Å². The molecule has 0 spiro atoms. The molecule has 1 fully saturated rings. The number of methoxy groups -OCH3 is 1. The van der Waals surface area contributed by atoms with Gasteiger partial charge in [0.15, 0.2) is 0 Å². The van der Waals surface area contributed by atoms with E-state index in [2.05, 4.69) is 48.3 Å². The molecule has 0 bridgehead atoms. The molecule has 1 aromatic heterocycles. The summed E-state index contributed by atoms with van der Waals surface area (Å²) in [5.41, 5.74) is 5.80. The van der Waals surface area contributed by atoms with Crippen molar-refractivity contribution >= 4 is 17.7 Å². The predicted molar refractivity (Wildman–Crippen MR) is 99.8 cm³/mol. The van der Waals surface area contributed by atoms with E-state index in [0.29, 0.717) is 29.5 Å². The highest BCUT2D eigenvalue weighted by molar-refractivity contribution is 5.97. The average Bonchev–Trinajstić information content (AvgIpc) is 2.54. The van der Waals surface area contributed by atoms with Gasteiger partial charge in [0, 0.05) is 25.4 Å². The molecule has 1 aliphatic carbocycles. The summed E-state index contributed by atoms with van der Waals surface area (Å²) < 4.78 is 5.41. The van der Waals surface area contributed by atoms with Crippen LogP contribution in [-0.2, 0) is 4.74 Å². The summed E-state index contributed by atoms with van der Waals surface area (Å²) in [4.78, 5) is 20.5. The number of nitrogens with two attached hydrogens (primary N) is 1. The molecule has 7 nitrogen and oxygen atoms in total. The number of aromatic nitrogens is 2. The molecule has 0 unspecified atom stereocenters. The molecule has 140 valence electrons. The van der Waals surface area contributed by atoms with Gasteiger partial charge in [-0.2, -0.15) is 4.98 Å². The van der Waals surface area contributed by atoms with Crippen LogP contribution in [0.5, 0.6) is 0 Å². The fourth-order valence-corrected chi connectivity index (χ4v) is 2.79. The molecule has 1 aliphatic rings. The predicted octanol–water partition coefficient (Wildman–Crippen LogP) is 2.79. The van der Waals surface area contributed by atoms with Crippen molar-refractivity contribution in [3.63, 3.8) is 0 Å². The number of anilines is 2. The molecule has 7 heteroatoms. The van der Waals surface area contributed by atoms with Crippen LogP contribution in [-0.4, -0.2) is 41.2 Å². The van der Waals surface area contributed by atoms with E-state index in [1.165, 1.54) is 6.20 Å². The summed E-state index contributed by atoms with van der Waals surface area (Å²) in [5.74, 6) is 0.475. The highest BCUT2D eigenvalue weighted by Crippen LogP contribution is 2.26. The maximum absolute atomic E-state index is 11.7. The largest absolute Gasteiger partial charge is 0.381 e. The molecule has 25 heavy (non-hydrogen) atoms. The lowest BCUT2D eigenvalue weighted by atomic mass is 9.88. The smallest absolute Gasteiger partial charge is 0.254 e. The van der Waals surface area contributed by atoms with Crippen LogP contribution in [0.3, 0.4) is 0 Å². The molecular weight excluding hydrogens is 318 g/mol. The van der Waals surface area contributed by atoms with Gasteiger partial charge in [0.25, 0.3) is 5.91 Å². The summed E-state index contributed by atoms with van der Waals surface area (Å²) in [5, 5.41) is 6.69. The third kappa shape index (κ3) is 5.29. The number of rotatable bonds is 6. The van der Waals surface area contributed by atoms with Crippen LogP contribution in [0.4, 0.5) is 11.8 Å². The topological polar surface area (TPSA) is 102 Å². The van der Waals surface area contributed by atoms with E-state index in [9.17, 15) is 4.79 Å². The third-order valence-corrected chi connectivity index (χ3v) is 5.05. The molecule has 1 atom stereocenters. The first-order chi connectivity index (χ1) is 11.7. The van der Waals surface area contributed by atoms with Crippen LogP contribution >= 0.6 is 0 Å². The van der Waals surface area contributed by atoms with E-state index in [4.69, 9.17) is 10.5 Å². The van der Waals surface area contributed by atoms with Gasteiger partial charge in [-0.05, 0) is 38.0 Å². The summed E-state index contributed by atoms with van der Waals surface area (Å²) >= 11 is 0. The molecule has 1 heterocycles. The molecular formula is C18H31N5O2. The van der Waals surface area contributed by atoms with Gasteiger partial charge in [-0.15, -0.1) is 0 Å². The molecule has 0 radical (unpaired) electrons. The number of carbonyl (C=O) groups is 1. The standard InChI is InChI=1S/C18H31N5O2/c1-11(18(2,3)4)21-16-14(15(19)24)10-20-17(23-16)22-12-6-8-13(25-5)9-7-12/h10-13H,6-9H2,1-5H3,(H2,19,24)(H2,20,21,22,23)/t11-,12?,13?/m0/s1. The molecule has 2 rings (SSSR count). The molecule has 0 aromatic carbocycles. The van der Waals surface area contributed by atoms with Gasteiger partial charge in [-0.3, -0.25) is 4.79 Å². The van der Waals surface area contributed by atoms with Crippen molar-refractivity contribution in [2.75, 3.05) is 17.7 Å². The highest BCUT2D eigenvalue weighted by Gasteiger charge is 2.24. The Morgan fingerprint density at radius 1 is 1.32 bits per heavy atom. The van der Waals surface area contributed by atoms with Gasteiger partial charge in [0.05, 0.1) is 11.7 Å². The second-order valence-electron chi connectivity index (χ2n) is 7.91. The van der Waals surface area contributed by atoms with Crippen molar-refractivity contribution in [2.24, 2.45) is 11.1 Å². The van der Waals surface area contributed by atoms with E-state index in [1.807, 2.05) is 0 Å². The zero-order chi connectivity index (χ0) is 18.6. The molecule has 1 amide bonds. The summed E-state index contributed by atoms with van der Waals surface area (Å²) in [6.07, 6.45) is 5.93. The van der Waals surface area contributed by atoms with Gasteiger partial charge < -0.3 is 21.1 Å².